The van der Waals surface area contributed by atoms with Crippen molar-refractivity contribution in [2.45, 2.75) is 25.6 Å². The molecular formula is C16H22N4O. The number of aliphatic hydroxyl groups is 1. The van der Waals surface area contributed by atoms with Gasteiger partial charge in [-0.2, -0.15) is 0 Å². The summed E-state index contributed by atoms with van der Waals surface area (Å²) < 4.78 is 0. The van der Waals surface area contributed by atoms with Crippen LogP contribution in [0.5, 0.6) is 0 Å². The van der Waals surface area contributed by atoms with E-state index in [0.717, 1.165) is 24.5 Å². The molecule has 0 aliphatic heterocycles. The van der Waals surface area contributed by atoms with Gasteiger partial charge in [0, 0.05) is 32.0 Å². The molecule has 5 heteroatoms. The molecule has 1 atom stereocenters. The number of nitrogens with zero attached hydrogens (tertiary/aromatic N) is 2. The van der Waals surface area contributed by atoms with Crippen molar-refractivity contribution in [3.05, 3.63) is 60.2 Å². The molecule has 0 saturated heterocycles. The monoisotopic (exact) mass is 286 g/mol. The average molecular weight is 286 g/mol. The molecule has 0 saturated carbocycles. The van der Waals surface area contributed by atoms with E-state index < -0.39 is 0 Å². The highest BCUT2D eigenvalue weighted by Gasteiger charge is 2.03. The van der Waals surface area contributed by atoms with Crippen LogP contribution >= 0.6 is 0 Å². The Morgan fingerprint density at radius 3 is 2.10 bits per heavy atom. The molecule has 3 N–H and O–H groups in total. The van der Waals surface area contributed by atoms with E-state index in [4.69, 9.17) is 0 Å². The molecule has 0 fully saturated rings. The maximum atomic E-state index is 9.89. The molecule has 2 heterocycles. The minimum absolute atomic E-state index is 0.357. The second kappa shape index (κ2) is 9.18. The number of hydrogen-bond acceptors (Lipinski definition) is 5. The molecule has 0 aromatic carbocycles. The van der Waals surface area contributed by atoms with Crippen LogP contribution < -0.4 is 10.6 Å². The summed E-state index contributed by atoms with van der Waals surface area (Å²) in [6.45, 7) is 2.75. The summed E-state index contributed by atoms with van der Waals surface area (Å²) in [7, 11) is 0. The van der Waals surface area contributed by atoms with Crippen molar-refractivity contribution < 1.29 is 5.11 Å². The largest absolute Gasteiger partial charge is 0.392 e. The maximum Gasteiger partial charge on any atom is 0.0676 e. The molecule has 0 bridgehead atoms. The second-order valence-electron chi connectivity index (χ2n) is 4.89. The third-order valence-electron chi connectivity index (χ3n) is 3.10. The van der Waals surface area contributed by atoms with Crippen molar-refractivity contribution in [3.63, 3.8) is 0 Å². The zero-order valence-electron chi connectivity index (χ0n) is 12.1. The lowest BCUT2D eigenvalue weighted by Crippen LogP contribution is -2.29. The highest BCUT2D eigenvalue weighted by Crippen LogP contribution is 1.95. The van der Waals surface area contributed by atoms with Crippen LogP contribution in [0.25, 0.3) is 0 Å². The number of aromatic nitrogens is 2. The summed E-state index contributed by atoms with van der Waals surface area (Å²) in [5.74, 6) is 0. The Hall–Kier alpha value is -1.82. The minimum atomic E-state index is -0.357. The van der Waals surface area contributed by atoms with E-state index in [0.29, 0.717) is 19.5 Å². The summed E-state index contributed by atoms with van der Waals surface area (Å²) in [4.78, 5) is 8.46. The molecule has 0 aliphatic carbocycles. The van der Waals surface area contributed by atoms with E-state index in [2.05, 4.69) is 20.6 Å². The highest BCUT2D eigenvalue weighted by molar-refractivity contribution is 5.03. The summed E-state index contributed by atoms with van der Waals surface area (Å²) in [6.07, 6.45) is 3.91. The normalized spacial score (nSPS) is 12.2. The number of nitrogens with one attached hydrogen (secondary N) is 2. The van der Waals surface area contributed by atoms with Crippen molar-refractivity contribution in [1.82, 2.24) is 20.6 Å². The summed E-state index contributed by atoms with van der Waals surface area (Å²) in [6, 6.07) is 11.7. The first-order chi connectivity index (χ1) is 10.3. The topological polar surface area (TPSA) is 70.1 Å². The molecular weight excluding hydrogens is 264 g/mol. The van der Waals surface area contributed by atoms with E-state index in [9.17, 15) is 5.11 Å². The van der Waals surface area contributed by atoms with Gasteiger partial charge in [-0.25, -0.2) is 0 Å². The summed E-state index contributed by atoms with van der Waals surface area (Å²) in [5.41, 5.74) is 2.00. The molecule has 2 aromatic heterocycles. The molecule has 0 radical (unpaired) electrons. The quantitative estimate of drug-likeness (QED) is 0.602. The summed E-state index contributed by atoms with van der Waals surface area (Å²) in [5, 5.41) is 16.4. The standard InChI is InChI=1S/C16H22N4O/c21-16(13-18-12-15-6-2-4-9-20-15)7-10-17-11-14-5-1-3-8-19-14/h1-6,8-9,16-18,21H,7,10-13H2/t16-/m0/s1. The predicted molar refractivity (Wildman–Crippen MR) is 82.5 cm³/mol. The molecule has 5 nitrogen and oxygen atoms in total. The molecule has 2 aromatic rings. The van der Waals surface area contributed by atoms with Crippen molar-refractivity contribution in [2.75, 3.05) is 13.1 Å². The molecule has 2 rings (SSSR count). The fraction of sp³-hybridized carbons (Fsp3) is 0.375. The third kappa shape index (κ3) is 6.44. The number of pyridine rings is 2. The van der Waals surface area contributed by atoms with Crippen molar-refractivity contribution in [1.29, 1.82) is 0 Å². The second-order valence-corrected chi connectivity index (χ2v) is 4.89. The van der Waals surface area contributed by atoms with Crippen LogP contribution in [0.3, 0.4) is 0 Å². The molecule has 112 valence electrons. The van der Waals surface area contributed by atoms with Crippen LogP contribution in [0.2, 0.25) is 0 Å². The van der Waals surface area contributed by atoms with Gasteiger partial charge >= 0.3 is 0 Å². The van der Waals surface area contributed by atoms with Crippen LogP contribution in [0, 0.1) is 0 Å². The highest BCUT2D eigenvalue weighted by atomic mass is 16.3. The Labute approximate surface area is 125 Å². The third-order valence-corrected chi connectivity index (χ3v) is 3.10. The van der Waals surface area contributed by atoms with Gasteiger partial charge in [-0.15, -0.1) is 0 Å². The molecule has 21 heavy (non-hydrogen) atoms. The lowest BCUT2D eigenvalue weighted by molar-refractivity contribution is 0.160. The van der Waals surface area contributed by atoms with Gasteiger partial charge in [-0.1, -0.05) is 12.1 Å². The fourth-order valence-electron chi connectivity index (χ4n) is 1.96. The predicted octanol–water partition coefficient (Wildman–Crippen LogP) is 1.11. The Bertz CT molecular complexity index is 492. The first-order valence-corrected chi connectivity index (χ1v) is 7.24. The SMILES string of the molecule is O[C@@H](CCNCc1ccccn1)CNCc1ccccn1. The van der Waals surface area contributed by atoms with Gasteiger partial charge in [-0.3, -0.25) is 9.97 Å². The van der Waals surface area contributed by atoms with Gasteiger partial charge in [0.2, 0.25) is 0 Å². The van der Waals surface area contributed by atoms with Crippen molar-refractivity contribution >= 4 is 0 Å². The van der Waals surface area contributed by atoms with Crippen LogP contribution in [0.1, 0.15) is 17.8 Å². The van der Waals surface area contributed by atoms with Crippen LogP contribution in [-0.2, 0) is 13.1 Å². The average Bonchev–Trinajstić information content (AvgIpc) is 2.54. The van der Waals surface area contributed by atoms with Gasteiger partial charge in [0.05, 0.1) is 17.5 Å². The van der Waals surface area contributed by atoms with E-state index in [-0.39, 0.29) is 6.10 Å². The van der Waals surface area contributed by atoms with Gasteiger partial charge in [0.1, 0.15) is 0 Å². The van der Waals surface area contributed by atoms with E-state index in [1.165, 1.54) is 0 Å². The van der Waals surface area contributed by atoms with E-state index in [1.807, 2.05) is 36.4 Å². The van der Waals surface area contributed by atoms with Gasteiger partial charge in [0.25, 0.3) is 0 Å². The van der Waals surface area contributed by atoms with Crippen LogP contribution in [0.4, 0.5) is 0 Å². The van der Waals surface area contributed by atoms with Crippen LogP contribution in [0.15, 0.2) is 48.8 Å². The molecule has 0 aliphatic rings. The molecule has 0 spiro atoms. The first kappa shape index (κ1) is 15.6. The zero-order chi connectivity index (χ0) is 14.8. The maximum absolute atomic E-state index is 9.89. The lowest BCUT2D eigenvalue weighted by atomic mass is 10.2. The van der Waals surface area contributed by atoms with Gasteiger partial charge in [-0.05, 0) is 37.2 Å². The van der Waals surface area contributed by atoms with Crippen LogP contribution in [-0.4, -0.2) is 34.3 Å². The van der Waals surface area contributed by atoms with Crippen molar-refractivity contribution in [3.8, 4) is 0 Å². The minimum Gasteiger partial charge on any atom is -0.392 e. The fourth-order valence-corrected chi connectivity index (χ4v) is 1.96. The zero-order valence-corrected chi connectivity index (χ0v) is 12.1. The van der Waals surface area contributed by atoms with E-state index >= 15 is 0 Å². The van der Waals surface area contributed by atoms with Crippen molar-refractivity contribution in [2.24, 2.45) is 0 Å². The Morgan fingerprint density at radius 2 is 1.52 bits per heavy atom. The number of aliphatic hydroxyl groups excluding tert-OH is 1. The van der Waals surface area contributed by atoms with E-state index in [1.54, 1.807) is 12.4 Å². The number of hydrogen-bond donors (Lipinski definition) is 3. The molecule has 0 unspecified atom stereocenters. The summed E-state index contributed by atoms with van der Waals surface area (Å²) >= 11 is 0. The smallest absolute Gasteiger partial charge is 0.0676 e. The molecule has 0 amide bonds. The number of rotatable bonds is 9. The lowest BCUT2D eigenvalue weighted by Gasteiger charge is -2.12. The Balaban J connectivity index is 1.52. The van der Waals surface area contributed by atoms with Gasteiger partial charge in [0.15, 0.2) is 0 Å². The Kier molecular flexibility index (Phi) is 6.80. The first-order valence-electron chi connectivity index (χ1n) is 7.24. The Morgan fingerprint density at radius 1 is 0.905 bits per heavy atom. The van der Waals surface area contributed by atoms with Gasteiger partial charge < -0.3 is 15.7 Å².